The van der Waals surface area contributed by atoms with Crippen molar-refractivity contribution in [3.63, 3.8) is 0 Å². The molecule has 0 saturated carbocycles. The molecular formula is C35H23N5. The first-order chi connectivity index (χ1) is 19.8. The second-order valence-electron chi connectivity index (χ2n) is 9.41. The molecule has 0 atom stereocenters. The van der Waals surface area contributed by atoms with Crippen LogP contribution in [0.5, 0.6) is 0 Å². The van der Waals surface area contributed by atoms with Gasteiger partial charge < -0.3 is 0 Å². The molecule has 0 N–H and O–H groups in total. The van der Waals surface area contributed by atoms with Crippen molar-refractivity contribution in [2.75, 3.05) is 0 Å². The molecule has 3 aromatic heterocycles. The minimum atomic E-state index is 0.640. The Kier molecular flexibility index (Phi) is 6.07. The quantitative estimate of drug-likeness (QED) is 0.232. The lowest BCUT2D eigenvalue weighted by molar-refractivity contribution is 1.08. The molecule has 0 fully saturated rings. The molecule has 7 rings (SSSR count). The van der Waals surface area contributed by atoms with Crippen molar-refractivity contribution in [2.24, 2.45) is 0 Å². The number of rotatable bonds is 5. The summed E-state index contributed by atoms with van der Waals surface area (Å²) in [7, 11) is 0. The number of hydrogen-bond donors (Lipinski definition) is 0. The first kappa shape index (κ1) is 23.6. The SMILES string of the molecule is c1ccc(-c2nc(-c3ccccc3)nc(-c3ccc(-c4ccc(-c5ccncc5)nc4)c4ccccc34)n2)cc1. The smallest absolute Gasteiger partial charge is 0.164 e. The van der Waals surface area contributed by atoms with Crippen LogP contribution in [0.25, 0.3) is 67.3 Å². The molecule has 0 aliphatic rings. The first-order valence-corrected chi connectivity index (χ1v) is 13.1. The summed E-state index contributed by atoms with van der Waals surface area (Å²) in [6, 6.07) is 40.8. The van der Waals surface area contributed by atoms with Gasteiger partial charge in [0, 0.05) is 46.4 Å². The van der Waals surface area contributed by atoms with Crippen molar-refractivity contribution in [2.45, 2.75) is 0 Å². The van der Waals surface area contributed by atoms with E-state index in [2.05, 4.69) is 53.5 Å². The fourth-order valence-corrected chi connectivity index (χ4v) is 4.92. The molecular weight excluding hydrogens is 490 g/mol. The van der Waals surface area contributed by atoms with Crippen LogP contribution in [0.2, 0.25) is 0 Å². The predicted molar refractivity (Wildman–Crippen MR) is 160 cm³/mol. The van der Waals surface area contributed by atoms with Gasteiger partial charge in [-0.05, 0) is 40.6 Å². The third kappa shape index (κ3) is 4.50. The van der Waals surface area contributed by atoms with Gasteiger partial charge in [-0.1, -0.05) is 97.1 Å². The highest BCUT2D eigenvalue weighted by Gasteiger charge is 2.16. The summed E-state index contributed by atoms with van der Waals surface area (Å²) in [6.45, 7) is 0. The number of benzene rings is 4. The Bertz CT molecular complexity index is 1860. The van der Waals surface area contributed by atoms with Gasteiger partial charge in [-0.25, -0.2) is 15.0 Å². The van der Waals surface area contributed by atoms with Crippen LogP contribution in [0.4, 0.5) is 0 Å². The maximum absolute atomic E-state index is 4.96. The van der Waals surface area contributed by atoms with E-state index in [1.165, 1.54) is 0 Å². The number of aromatic nitrogens is 5. The highest BCUT2D eigenvalue weighted by atomic mass is 15.0. The van der Waals surface area contributed by atoms with Gasteiger partial charge in [0.25, 0.3) is 0 Å². The Balaban J connectivity index is 1.37. The highest BCUT2D eigenvalue weighted by Crippen LogP contribution is 2.36. The van der Waals surface area contributed by atoms with Crippen LogP contribution in [0.15, 0.2) is 140 Å². The summed E-state index contributed by atoms with van der Waals surface area (Å²) >= 11 is 0. The fraction of sp³-hybridized carbons (Fsp3) is 0. The molecule has 5 heteroatoms. The van der Waals surface area contributed by atoms with Gasteiger partial charge >= 0.3 is 0 Å². The topological polar surface area (TPSA) is 64.5 Å². The Morgan fingerprint density at radius 1 is 0.375 bits per heavy atom. The van der Waals surface area contributed by atoms with Crippen LogP contribution < -0.4 is 0 Å². The Morgan fingerprint density at radius 3 is 1.52 bits per heavy atom. The summed E-state index contributed by atoms with van der Waals surface area (Å²) < 4.78 is 0. The Hall–Kier alpha value is -5.55. The molecule has 0 spiro atoms. The highest BCUT2D eigenvalue weighted by molar-refractivity contribution is 6.04. The van der Waals surface area contributed by atoms with E-state index in [0.29, 0.717) is 17.5 Å². The molecule has 40 heavy (non-hydrogen) atoms. The molecule has 4 aromatic carbocycles. The normalized spacial score (nSPS) is 11.0. The zero-order valence-electron chi connectivity index (χ0n) is 21.5. The second kappa shape index (κ2) is 10.3. The van der Waals surface area contributed by atoms with Gasteiger partial charge in [-0.3, -0.25) is 9.97 Å². The Morgan fingerprint density at radius 2 is 0.925 bits per heavy atom. The minimum Gasteiger partial charge on any atom is -0.265 e. The molecule has 0 aliphatic carbocycles. The average Bonchev–Trinajstić information content (AvgIpc) is 3.05. The number of pyridine rings is 2. The van der Waals surface area contributed by atoms with E-state index in [1.54, 1.807) is 12.4 Å². The van der Waals surface area contributed by atoms with Gasteiger partial charge in [-0.2, -0.15) is 0 Å². The Labute approximate surface area is 231 Å². The van der Waals surface area contributed by atoms with Gasteiger partial charge in [0.1, 0.15) is 0 Å². The minimum absolute atomic E-state index is 0.640. The fourth-order valence-electron chi connectivity index (χ4n) is 4.92. The van der Waals surface area contributed by atoms with Crippen LogP contribution in [0, 0.1) is 0 Å². The van der Waals surface area contributed by atoms with E-state index in [9.17, 15) is 0 Å². The first-order valence-electron chi connectivity index (χ1n) is 13.1. The molecule has 0 aliphatic heterocycles. The van der Waals surface area contributed by atoms with Crippen LogP contribution in [-0.4, -0.2) is 24.9 Å². The van der Waals surface area contributed by atoms with E-state index in [-0.39, 0.29) is 0 Å². The summed E-state index contributed by atoms with van der Waals surface area (Å²) in [5.41, 5.74) is 6.96. The van der Waals surface area contributed by atoms with Gasteiger partial charge in [0.15, 0.2) is 17.5 Å². The van der Waals surface area contributed by atoms with Crippen molar-refractivity contribution < 1.29 is 0 Å². The van der Waals surface area contributed by atoms with Gasteiger partial charge in [0.05, 0.1) is 5.69 Å². The number of nitrogens with zero attached hydrogens (tertiary/aromatic N) is 5. The van der Waals surface area contributed by atoms with Crippen molar-refractivity contribution >= 4 is 10.8 Å². The largest absolute Gasteiger partial charge is 0.265 e. The third-order valence-corrected chi connectivity index (χ3v) is 6.91. The number of hydrogen-bond acceptors (Lipinski definition) is 5. The standard InChI is InChI=1S/C35H23N5/c1-3-9-25(10-4-1)33-38-34(26-11-5-2-6-12-26)40-35(39-33)31-17-16-28(29-13-7-8-14-30(29)31)27-15-18-32(37-23-27)24-19-21-36-22-20-24/h1-23H. The summed E-state index contributed by atoms with van der Waals surface area (Å²) in [6.07, 6.45) is 5.50. The zero-order valence-corrected chi connectivity index (χ0v) is 21.5. The third-order valence-electron chi connectivity index (χ3n) is 6.91. The second-order valence-corrected chi connectivity index (χ2v) is 9.41. The molecule has 0 amide bonds. The lowest BCUT2D eigenvalue weighted by Gasteiger charge is -2.13. The van der Waals surface area contributed by atoms with E-state index >= 15 is 0 Å². The average molecular weight is 514 g/mol. The van der Waals surface area contributed by atoms with Crippen LogP contribution in [-0.2, 0) is 0 Å². The number of fused-ring (bicyclic) bond motifs is 1. The van der Waals surface area contributed by atoms with Crippen LogP contribution >= 0.6 is 0 Å². The molecule has 0 unspecified atom stereocenters. The van der Waals surface area contributed by atoms with Crippen molar-refractivity contribution in [3.05, 3.63) is 140 Å². The van der Waals surface area contributed by atoms with Crippen molar-refractivity contribution in [3.8, 4) is 56.5 Å². The predicted octanol–water partition coefficient (Wildman–Crippen LogP) is 8.15. The maximum Gasteiger partial charge on any atom is 0.164 e. The summed E-state index contributed by atoms with van der Waals surface area (Å²) in [5, 5.41) is 2.18. The molecule has 0 saturated heterocycles. The van der Waals surface area contributed by atoms with Gasteiger partial charge in [-0.15, -0.1) is 0 Å². The molecule has 188 valence electrons. The summed E-state index contributed by atoms with van der Waals surface area (Å²) in [4.78, 5) is 23.6. The molecule has 5 nitrogen and oxygen atoms in total. The molecule has 0 bridgehead atoms. The van der Waals surface area contributed by atoms with Crippen LogP contribution in [0.1, 0.15) is 0 Å². The molecule has 7 aromatic rings. The summed E-state index contributed by atoms with van der Waals surface area (Å²) in [5.74, 6) is 1.93. The van der Waals surface area contributed by atoms with Crippen molar-refractivity contribution in [1.29, 1.82) is 0 Å². The monoisotopic (exact) mass is 513 g/mol. The maximum atomic E-state index is 4.96. The molecule has 3 heterocycles. The van der Waals surface area contributed by atoms with Crippen LogP contribution in [0.3, 0.4) is 0 Å². The van der Waals surface area contributed by atoms with E-state index in [1.807, 2.05) is 79.0 Å². The zero-order chi connectivity index (χ0) is 26.7. The lowest BCUT2D eigenvalue weighted by Crippen LogP contribution is -2.00. The van der Waals surface area contributed by atoms with Crippen molar-refractivity contribution in [1.82, 2.24) is 24.9 Å². The van der Waals surface area contributed by atoms with E-state index in [0.717, 1.165) is 49.8 Å². The van der Waals surface area contributed by atoms with E-state index < -0.39 is 0 Å². The lowest BCUT2D eigenvalue weighted by atomic mass is 9.95. The molecule has 0 radical (unpaired) electrons. The van der Waals surface area contributed by atoms with Gasteiger partial charge in [0.2, 0.25) is 0 Å². The van der Waals surface area contributed by atoms with E-state index in [4.69, 9.17) is 19.9 Å².